The predicted molar refractivity (Wildman–Crippen MR) is 99.4 cm³/mol. The Morgan fingerprint density at radius 2 is 1.92 bits per heavy atom. The Morgan fingerprint density at radius 1 is 1.20 bits per heavy atom. The molecule has 2 saturated carbocycles. The summed E-state index contributed by atoms with van der Waals surface area (Å²) in [6, 6.07) is 7.94. The molecule has 136 valence electrons. The molecule has 4 rings (SSSR count). The van der Waals surface area contributed by atoms with Gasteiger partial charge in [0, 0.05) is 31.2 Å². The molecule has 0 aromatic heterocycles. The lowest BCUT2D eigenvalue weighted by molar-refractivity contribution is -0.127. The van der Waals surface area contributed by atoms with Gasteiger partial charge in [-0.15, -0.1) is 12.4 Å². The molecule has 5 nitrogen and oxygen atoms in total. The Bertz CT molecular complexity index is 647. The van der Waals surface area contributed by atoms with Gasteiger partial charge in [-0.05, 0) is 55.2 Å². The number of carbonyl (C=O) groups excluding carboxylic acids is 2. The molecule has 1 aliphatic heterocycles. The summed E-state index contributed by atoms with van der Waals surface area (Å²) in [6.07, 6.45) is 5.03. The molecule has 6 heteroatoms. The monoisotopic (exact) mass is 363 g/mol. The van der Waals surface area contributed by atoms with E-state index in [1.165, 1.54) is 6.42 Å². The molecular formula is C19H26ClN3O2. The summed E-state index contributed by atoms with van der Waals surface area (Å²) < 4.78 is 0. The second-order valence-corrected chi connectivity index (χ2v) is 7.47. The number of hydrogen-bond acceptors (Lipinski definition) is 3. The fourth-order valence-electron chi connectivity index (χ4n) is 4.75. The number of benzene rings is 1. The van der Waals surface area contributed by atoms with E-state index in [1.807, 2.05) is 29.2 Å². The molecule has 2 amide bonds. The first kappa shape index (κ1) is 18.2. The Morgan fingerprint density at radius 3 is 2.52 bits per heavy atom. The number of anilines is 1. The number of rotatable bonds is 4. The van der Waals surface area contributed by atoms with Gasteiger partial charge in [0.1, 0.15) is 0 Å². The van der Waals surface area contributed by atoms with Crippen molar-refractivity contribution in [2.75, 3.05) is 11.4 Å². The van der Waals surface area contributed by atoms with E-state index in [9.17, 15) is 9.59 Å². The summed E-state index contributed by atoms with van der Waals surface area (Å²) in [4.78, 5) is 26.1. The summed E-state index contributed by atoms with van der Waals surface area (Å²) in [6.45, 7) is 1.32. The number of nitrogens with one attached hydrogen (secondary N) is 1. The number of fused-ring (bicyclic) bond motifs is 2. The zero-order valence-corrected chi connectivity index (χ0v) is 15.1. The van der Waals surface area contributed by atoms with E-state index >= 15 is 0 Å². The molecule has 1 aromatic carbocycles. The maximum Gasteiger partial charge on any atom is 0.227 e. The number of nitrogens with zero attached hydrogens (tertiary/aromatic N) is 1. The van der Waals surface area contributed by atoms with Crippen LogP contribution < -0.4 is 16.0 Å². The molecule has 1 saturated heterocycles. The normalized spacial score (nSPS) is 30.4. The third-order valence-corrected chi connectivity index (χ3v) is 6.07. The smallest absolute Gasteiger partial charge is 0.227 e. The topological polar surface area (TPSA) is 75.4 Å². The SMILES string of the molecule is Cl.NC1C2CCC(C2)C1C(=O)NCc1ccc(N2CCCC2=O)cc1. The molecule has 2 bridgehead atoms. The van der Waals surface area contributed by atoms with Gasteiger partial charge in [0.25, 0.3) is 0 Å². The average molecular weight is 364 g/mol. The van der Waals surface area contributed by atoms with Crippen molar-refractivity contribution in [2.24, 2.45) is 23.5 Å². The summed E-state index contributed by atoms with van der Waals surface area (Å²) in [5.74, 6) is 1.32. The fraction of sp³-hybridized carbons (Fsp3) is 0.579. The van der Waals surface area contributed by atoms with Crippen molar-refractivity contribution in [2.45, 2.75) is 44.7 Å². The molecule has 1 heterocycles. The summed E-state index contributed by atoms with van der Waals surface area (Å²) >= 11 is 0. The molecule has 3 aliphatic rings. The highest BCUT2D eigenvalue weighted by atomic mass is 35.5. The van der Waals surface area contributed by atoms with Crippen molar-refractivity contribution in [1.82, 2.24) is 5.32 Å². The number of amides is 2. The molecule has 25 heavy (non-hydrogen) atoms. The Hall–Kier alpha value is -1.59. The Kier molecular flexibility index (Phi) is 5.35. The van der Waals surface area contributed by atoms with Gasteiger partial charge in [0.2, 0.25) is 11.8 Å². The van der Waals surface area contributed by atoms with Crippen LogP contribution in [0.2, 0.25) is 0 Å². The highest BCUT2D eigenvalue weighted by Gasteiger charge is 2.48. The molecule has 4 unspecified atom stereocenters. The number of hydrogen-bond donors (Lipinski definition) is 2. The molecule has 4 atom stereocenters. The third kappa shape index (κ3) is 3.40. The largest absolute Gasteiger partial charge is 0.352 e. The van der Waals surface area contributed by atoms with E-state index < -0.39 is 0 Å². The van der Waals surface area contributed by atoms with Gasteiger partial charge in [0.15, 0.2) is 0 Å². The molecular weight excluding hydrogens is 338 g/mol. The van der Waals surface area contributed by atoms with Crippen molar-refractivity contribution < 1.29 is 9.59 Å². The summed E-state index contributed by atoms with van der Waals surface area (Å²) in [7, 11) is 0. The van der Waals surface area contributed by atoms with E-state index in [0.29, 0.717) is 24.8 Å². The van der Waals surface area contributed by atoms with Gasteiger partial charge in [-0.25, -0.2) is 0 Å². The van der Waals surface area contributed by atoms with Gasteiger partial charge in [-0.2, -0.15) is 0 Å². The highest BCUT2D eigenvalue weighted by molar-refractivity contribution is 5.95. The average Bonchev–Trinajstić information content (AvgIpc) is 3.29. The summed E-state index contributed by atoms with van der Waals surface area (Å²) in [5.41, 5.74) is 8.24. The van der Waals surface area contributed by atoms with Crippen LogP contribution in [0.3, 0.4) is 0 Å². The van der Waals surface area contributed by atoms with Crippen molar-refractivity contribution in [3.05, 3.63) is 29.8 Å². The van der Waals surface area contributed by atoms with Crippen molar-refractivity contribution in [3.8, 4) is 0 Å². The van der Waals surface area contributed by atoms with Gasteiger partial charge in [-0.1, -0.05) is 12.1 Å². The van der Waals surface area contributed by atoms with Crippen LogP contribution in [0.5, 0.6) is 0 Å². The van der Waals surface area contributed by atoms with Crippen LogP contribution in [0.1, 0.15) is 37.7 Å². The van der Waals surface area contributed by atoms with Crippen molar-refractivity contribution >= 4 is 29.9 Å². The quantitative estimate of drug-likeness (QED) is 0.861. The predicted octanol–water partition coefficient (Wildman–Crippen LogP) is 2.22. The fourth-order valence-corrected chi connectivity index (χ4v) is 4.75. The maximum absolute atomic E-state index is 12.5. The third-order valence-electron chi connectivity index (χ3n) is 6.07. The van der Waals surface area contributed by atoms with Gasteiger partial charge < -0.3 is 16.0 Å². The lowest BCUT2D eigenvalue weighted by atomic mass is 9.84. The molecule has 3 fully saturated rings. The van der Waals surface area contributed by atoms with Crippen LogP contribution in [0, 0.1) is 17.8 Å². The standard InChI is InChI=1S/C19H25N3O2.ClH/c20-18-14-6-5-13(10-14)17(18)19(24)21-11-12-3-7-15(8-4-12)22-9-1-2-16(22)23;/h3-4,7-8,13-14,17-18H,1-2,5-6,9-11,20H2,(H,21,24);1H. The molecule has 2 aliphatic carbocycles. The van der Waals surface area contributed by atoms with Crippen LogP contribution in [0.25, 0.3) is 0 Å². The Balaban J connectivity index is 0.00000182. The zero-order valence-electron chi connectivity index (χ0n) is 14.3. The second-order valence-electron chi connectivity index (χ2n) is 7.47. The lowest BCUT2D eigenvalue weighted by Crippen LogP contribution is -2.45. The molecule has 0 spiro atoms. The van der Waals surface area contributed by atoms with Gasteiger partial charge >= 0.3 is 0 Å². The van der Waals surface area contributed by atoms with Crippen LogP contribution in [0.15, 0.2) is 24.3 Å². The number of halogens is 1. The summed E-state index contributed by atoms with van der Waals surface area (Å²) in [5, 5.41) is 3.05. The molecule has 1 aromatic rings. The van der Waals surface area contributed by atoms with Crippen LogP contribution in [0.4, 0.5) is 5.69 Å². The van der Waals surface area contributed by atoms with Crippen LogP contribution >= 0.6 is 12.4 Å². The minimum Gasteiger partial charge on any atom is -0.352 e. The minimum atomic E-state index is -0.00903. The minimum absolute atomic E-state index is 0. The highest BCUT2D eigenvalue weighted by Crippen LogP contribution is 2.47. The van der Waals surface area contributed by atoms with Crippen molar-refractivity contribution in [1.29, 1.82) is 0 Å². The first-order chi connectivity index (χ1) is 11.6. The van der Waals surface area contributed by atoms with Gasteiger partial charge in [-0.3, -0.25) is 9.59 Å². The van der Waals surface area contributed by atoms with Crippen LogP contribution in [-0.4, -0.2) is 24.4 Å². The molecule has 0 radical (unpaired) electrons. The number of nitrogens with two attached hydrogens (primary N) is 1. The van der Waals surface area contributed by atoms with E-state index in [2.05, 4.69) is 5.32 Å². The van der Waals surface area contributed by atoms with Gasteiger partial charge in [0.05, 0.1) is 5.92 Å². The number of carbonyl (C=O) groups is 2. The first-order valence-electron chi connectivity index (χ1n) is 9.06. The lowest BCUT2D eigenvalue weighted by Gasteiger charge is -2.27. The second kappa shape index (κ2) is 7.34. The van der Waals surface area contributed by atoms with Crippen molar-refractivity contribution in [3.63, 3.8) is 0 Å². The van der Waals surface area contributed by atoms with E-state index in [-0.39, 0.29) is 36.2 Å². The van der Waals surface area contributed by atoms with E-state index in [0.717, 1.165) is 37.1 Å². The Labute approximate surface area is 154 Å². The zero-order chi connectivity index (χ0) is 16.7. The molecule has 3 N–H and O–H groups in total. The maximum atomic E-state index is 12.5. The van der Waals surface area contributed by atoms with E-state index in [4.69, 9.17) is 5.73 Å². The van der Waals surface area contributed by atoms with Crippen LogP contribution in [-0.2, 0) is 16.1 Å². The van der Waals surface area contributed by atoms with E-state index in [1.54, 1.807) is 0 Å². The first-order valence-corrected chi connectivity index (χ1v) is 9.06.